The van der Waals surface area contributed by atoms with Crippen LogP contribution in [0, 0.1) is 20.8 Å². The minimum Gasteiger partial charge on any atom is -0.314 e. The van der Waals surface area contributed by atoms with Crippen molar-refractivity contribution in [2.75, 3.05) is 18.8 Å². The van der Waals surface area contributed by atoms with Crippen LogP contribution in [0.25, 0.3) is 0 Å². The Morgan fingerprint density at radius 3 is 2.40 bits per heavy atom. The largest absolute Gasteiger partial charge is 0.314 e. The summed E-state index contributed by atoms with van der Waals surface area (Å²) in [7, 11) is 0. The van der Waals surface area contributed by atoms with E-state index in [-0.39, 0.29) is 0 Å². The summed E-state index contributed by atoms with van der Waals surface area (Å²) in [4.78, 5) is 0. The van der Waals surface area contributed by atoms with Gasteiger partial charge in [-0.2, -0.15) is 11.8 Å². The normalized spacial score (nSPS) is 21.7. The molecule has 2 rings (SSSR count). The van der Waals surface area contributed by atoms with Crippen molar-refractivity contribution in [2.24, 2.45) is 0 Å². The van der Waals surface area contributed by atoms with Crippen LogP contribution in [-0.2, 0) is 0 Å². The van der Waals surface area contributed by atoms with Gasteiger partial charge in [0.25, 0.3) is 0 Å². The van der Waals surface area contributed by atoms with E-state index < -0.39 is 0 Å². The monoisotopic (exact) mass is 221 g/mol. The molecule has 1 unspecified atom stereocenters. The molecule has 0 amide bonds. The summed E-state index contributed by atoms with van der Waals surface area (Å²) in [6.07, 6.45) is 0. The fourth-order valence-corrected chi connectivity index (χ4v) is 3.77. The van der Waals surface area contributed by atoms with Gasteiger partial charge in [0.05, 0.1) is 0 Å². The topological polar surface area (TPSA) is 12.0 Å². The van der Waals surface area contributed by atoms with Crippen molar-refractivity contribution >= 4 is 11.8 Å². The molecule has 0 aliphatic carbocycles. The zero-order valence-electron chi connectivity index (χ0n) is 9.76. The molecule has 1 nitrogen and oxygen atoms in total. The molecule has 1 saturated heterocycles. The Morgan fingerprint density at radius 2 is 1.87 bits per heavy atom. The van der Waals surface area contributed by atoms with Gasteiger partial charge >= 0.3 is 0 Å². The van der Waals surface area contributed by atoms with Gasteiger partial charge in [-0.1, -0.05) is 17.7 Å². The van der Waals surface area contributed by atoms with Gasteiger partial charge in [-0.15, -0.1) is 0 Å². The minimum absolute atomic E-state index is 0.652. The van der Waals surface area contributed by atoms with Crippen LogP contribution in [0.3, 0.4) is 0 Å². The highest BCUT2D eigenvalue weighted by molar-refractivity contribution is 7.99. The Kier molecular flexibility index (Phi) is 3.37. The number of nitrogens with one attached hydrogen (secondary N) is 1. The highest BCUT2D eigenvalue weighted by Crippen LogP contribution is 2.34. The predicted molar refractivity (Wildman–Crippen MR) is 68.7 cm³/mol. The maximum Gasteiger partial charge on any atom is 0.0427 e. The van der Waals surface area contributed by atoms with Crippen molar-refractivity contribution in [3.63, 3.8) is 0 Å². The second-order valence-corrected chi connectivity index (χ2v) is 5.69. The molecule has 0 saturated carbocycles. The molecule has 0 aromatic heterocycles. The van der Waals surface area contributed by atoms with Gasteiger partial charge in [0, 0.05) is 24.1 Å². The molecule has 1 atom stereocenters. The molecule has 1 N–H and O–H groups in total. The van der Waals surface area contributed by atoms with E-state index in [0.717, 1.165) is 13.1 Å². The van der Waals surface area contributed by atoms with Crippen LogP contribution < -0.4 is 5.32 Å². The van der Waals surface area contributed by atoms with Gasteiger partial charge in [-0.25, -0.2) is 0 Å². The van der Waals surface area contributed by atoms with Crippen LogP contribution in [0.15, 0.2) is 12.1 Å². The molecule has 82 valence electrons. The number of hydrogen-bond acceptors (Lipinski definition) is 2. The number of rotatable bonds is 1. The van der Waals surface area contributed by atoms with Crippen molar-refractivity contribution in [3.05, 3.63) is 34.4 Å². The van der Waals surface area contributed by atoms with Crippen molar-refractivity contribution in [1.82, 2.24) is 5.32 Å². The Balaban J connectivity index is 2.33. The fourth-order valence-electron chi connectivity index (χ4n) is 2.45. The molecule has 1 heterocycles. The third-order valence-electron chi connectivity index (χ3n) is 2.99. The lowest BCUT2D eigenvalue weighted by molar-refractivity contribution is 0.685. The Hall–Kier alpha value is -0.470. The summed E-state index contributed by atoms with van der Waals surface area (Å²) in [5.74, 6) is 1.23. The lowest BCUT2D eigenvalue weighted by Gasteiger charge is -2.26. The summed E-state index contributed by atoms with van der Waals surface area (Å²) >= 11 is 2.09. The van der Waals surface area contributed by atoms with Crippen LogP contribution >= 0.6 is 11.8 Å². The fraction of sp³-hybridized carbons (Fsp3) is 0.538. The van der Waals surface area contributed by atoms with Crippen molar-refractivity contribution < 1.29 is 0 Å². The smallest absolute Gasteiger partial charge is 0.0427 e. The van der Waals surface area contributed by atoms with E-state index >= 15 is 0 Å². The average Bonchev–Trinajstić information content (AvgIpc) is 2.17. The Labute approximate surface area is 96.7 Å². The summed E-state index contributed by atoms with van der Waals surface area (Å²) in [6, 6.07) is 4.61. The first-order valence-corrected chi connectivity index (χ1v) is 6.63. The van der Waals surface area contributed by atoms with Gasteiger partial charge in [0.1, 0.15) is 0 Å². The minimum atomic E-state index is 0.652. The molecule has 2 heteroatoms. The number of hydrogen-bond donors (Lipinski definition) is 1. The quantitative estimate of drug-likeness (QED) is 0.782. The molecule has 1 aromatic carbocycles. The summed E-state index contributed by atoms with van der Waals surface area (Å²) in [6.45, 7) is 8.94. The molecule has 0 spiro atoms. The lowest BCUT2D eigenvalue weighted by Crippen LogP contribution is -2.28. The van der Waals surface area contributed by atoms with Gasteiger partial charge in [-0.05, 0) is 37.5 Å². The van der Waals surface area contributed by atoms with E-state index in [0.29, 0.717) is 5.25 Å². The number of benzene rings is 1. The molecule has 1 aliphatic rings. The van der Waals surface area contributed by atoms with Gasteiger partial charge in [0.2, 0.25) is 0 Å². The molecule has 1 aliphatic heterocycles. The third-order valence-corrected chi connectivity index (χ3v) is 4.23. The first-order valence-electron chi connectivity index (χ1n) is 5.58. The lowest BCUT2D eigenvalue weighted by atomic mass is 9.97. The van der Waals surface area contributed by atoms with Crippen molar-refractivity contribution in [1.29, 1.82) is 0 Å². The van der Waals surface area contributed by atoms with E-state index in [1.54, 1.807) is 5.56 Å². The average molecular weight is 221 g/mol. The zero-order valence-corrected chi connectivity index (χ0v) is 10.6. The van der Waals surface area contributed by atoms with E-state index in [2.05, 4.69) is 50.0 Å². The van der Waals surface area contributed by atoms with Crippen LogP contribution in [-0.4, -0.2) is 18.8 Å². The first-order chi connectivity index (χ1) is 7.18. The maximum absolute atomic E-state index is 3.48. The molecule has 1 aromatic rings. The van der Waals surface area contributed by atoms with Crippen LogP contribution in [0.1, 0.15) is 27.5 Å². The van der Waals surface area contributed by atoms with E-state index in [4.69, 9.17) is 0 Å². The highest BCUT2D eigenvalue weighted by Gasteiger charge is 2.19. The molecular formula is C13H19NS. The van der Waals surface area contributed by atoms with Gasteiger partial charge < -0.3 is 5.32 Å². The van der Waals surface area contributed by atoms with E-state index in [1.165, 1.54) is 22.4 Å². The van der Waals surface area contributed by atoms with Gasteiger partial charge in [0.15, 0.2) is 0 Å². The van der Waals surface area contributed by atoms with E-state index in [9.17, 15) is 0 Å². The molecule has 15 heavy (non-hydrogen) atoms. The van der Waals surface area contributed by atoms with Crippen molar-refractivity contribution in [2.45, 2.75) is 26.0 Å². The van der Waals surface area contributed by atoms with Crippen LogP contribution in [0.4, 0.5) is 0 Å². The van der Waals surface area contributed by atoms with Gasteiger partial charge in [-0.3, -0.25) is 0 Å². The molecule has 0 bridgehead atoms. The zero-order chi connectivity index (χ0) is 10.8. The number of thioether (sulfide) groups is 1. The van der Waals surface area contributed by atoms with Crippen molar-refractivity contribution in [3.8, 4) is 0 Å². The highest BCUT2D eigenvalue weighted by atomic mass is 32.2. The first kappa shape index (κ1) is 11.0. The predicted octanol–water partition coefficient (Wildman–Crippen LogP) is 2.99. The summed E-state index contributed by atoms with van der Waals surface area (Å²) in [5.41, 5.74) is 5.84. The SMILES string of the molecule is Cc1cc(C)c(C2CNCCS2)c(C)c1. The molecule has 0 radical (unpaired) electrons. The summed E-state index contributed by atoms with van der Waals surface area (Å²) < 4.78 is 0. The standard InChI is InChI=1S/C13H19NS/c1-9-6-10(2)13(11(3)7-9)12-8-14-4-5-15-12/h6-7,12,14H,4-5,8H2,1-3H3. The summed E-state index contributed by atoms with van der Waals surface area (Å²) in [5, 5.41) is 4.13. The second-order valence-electron chi connectivity index (χ2n) is 4.38. The Bertz CT molecular complexity index is 331. The van der Waals surface area contributed by atoms with Crippen LogP contribution in [0.5, 0.6) is 0 Å². The maximum atomic E-state index is 3.48. The van der Waals surface area contributed by atoms with E-state index in [1.807, 2.05) is 0 Å². The molecular weight excluding hydrogens is 202 g/mol. The Morgan fingerprint density at radius 1 is 1.20 bits per heavy atom. The third kappa shape index (κ3) is 2.37. The second kappa shape index (κ2) is 4.58. The molecule has 1 fully saturated rings. The number of aryl methyl sites for hydroxylation is 3. The van der Waals surface area contributed by atoms with Crippen LogP contribution in [0.2, 0.25) is 0 Å².